The molecule has 1 rings (SSSR count). The zero-order chi connectivity index (χ0) is 13.4. The smallest absolute Gasteiger partial charge is 0.122 e. The van der Waals surface area contributed by atoms with E-state index in [0.717, 1.165) is 23.6 Å². The minimum atomic E-state index is -0.709. The third-order valence-corrected chi connectivity index (χ3v) is 3.87. The molecule has 0 spiro atoms. The molecule has 0 aliphatic rings. The van der Waals surface area contributed by atoms with E-state index in [-0.39, 0.29) is 0 Å². The summed E-state index contributed by atoms with van der Waals surface area (Å²) in [6.45, 7) is 3.40. The van der Waals surface area contributed by atoms with Crippen LogP contribution in [0.15, 0.2) is 18.2 Å². The number of ether oxygens (including phenoxy) is 2. The van der Waals surface area contributed by atoms with E-state index in [2.05, 4.69) is 5.32 Å². The van der Waals surface area contributed by atoms with Gasteiger partial charge in [-0.3, -0.25) is 4.21 Å². The van der Waals surface area contributed by atoms with Crippen LogP contribution in [0.5, 0.6) is 11.5 Å². The largest absolute Gasteiger partial charge is 0.497 e. The standard InChI is InChI=1S/C13H21NO3S/c1-4-18(15)6-5-14-10-11-7-12(16-2)9-13(8-11)17-3/h7-9,14H,4-6,10H2,1-3H3. The van der Waals surface area contributed by atoms with Gasteiger partial charge in [0.1, 0.15) is 11.5 Å². The van der Waals surface area contributed by atoms with E-state index in [0.29, 0.717) is 18.1 Å². The average molecular weight is 271 g/mol. The fourth-order valence-electron chi connectivity index (χ4n) is 1.53. The van der Waals surface area contributed by atoms with Crippen LogP contribution in [-0.2, 0) is 17.3 Å². The first-order chi connectivity index (χ1) is 8.69. The van der Waals surface area contributed by atoms with E-state index in [1.54, 1.807) is 14.2 Å². The average Bonchev–Trinajstić information content (AvgIpc) is 2.42. The lowest BCUT2D eigenvalue weighted by molar-refractivity contribution is 0.393. The molecule has 5 heteroatoms. The molecule has 0 aromatic heterocycles. The highest BCUT2D eigenvalue weighted by atomic mass is 32.2. The minimum Gasteiger partial charge on any atom is -0.497 e. The van der Waals surface area contributed by atoms with Crippen LogP contribution in [0.2, 0.25) is 0 Å². The minimum absolute atomic E-state index is 0.692. The summed E-state index contributed by atoms with van der Waals surface area (Å²) in [5.41, 5.74) is 1.09. The summed E-state index contributed by atoms with van der Waals surface area (Å²) in [5.74, 6) is 2.97. The maximum absolute atomic E-state index is 11.3. The zero-order valence-electron chi connectivity index (χ0n) is 11.2. The summed E-state index contributed by atoms with van der Waals surface area (Å²) < 4.78 is 21.7. The van der Waals surface area contributed by atoms with Gasteiger partial charge in [-0.1, -0.05) is 6.92 Å². The second-order valence-electron chi connectivity index (χ2n) is 3.83. The second-order valence-corrected chi connectivity index (χ2v) is 5.70. The molecule has 0 amide bonds. The summed E-state index contributed by atoms with van der Waals surface area (Å²) in [5, 5.41) is 3.27. The highest BCUT2D eigenvalue weighted by Crippen LogP contribution is 2.22. The van der Waals surface area contributed by atoms with Crippen molar-refractivity contribution in [1.82, 2.24) is 5.32 Å². The number of benzene rings is 1. The van der Waals surface area contributed by atoms with Crippen LogP contribution in [0.3, 0.4) is 0 Å². The van der Waals surface area contributed by atoms with Gasteiger partial charge in [-0.15, -0.1) is 0 Å². The van der Waals surface area contributed by atoms with E-state index in [4.69, 9.17) is 9.47 Å². The number of nitrogens with one attached hydrogen (secondary N) is 1. The van der Waals surface area contributed by atoms with E-state index >= 15 is 0 Å². The van der Waals surface area contributed by atoms with Crippen molar-refractivity contribution in [2.45, 2.75) is 13.5 Å². The summed E-state index contributed by atoms with van der Waals surface area (Å²) in [6, 6.07) is 5.77. The lowest BCUT2D eigenvalue weighted by Gasteiger charge is -2.09. The molecule has 4 nitrogen and oxygen atoms in total. The third kappa shape index (κ3) is 5.06. The summed E-state index contributed by atoms with van der Waals surface area (Å²) in [6.07, 6.45) is 0. The first kappa shape index (κ1) is 15.0. The number of hydrogen-bond donors (Lipinski definition) is 1. The van der Waals surface area contributed by atoms with Crippen molar-refractivity contribution >= 4 is 10.8 Å². The van der Waals surface area contributed by atoms with Crippen molar-refractivity contribution in [3.8, 4) is 11.5 Å². The lowest BCUT2D eigenvalue weighted by atomic mass is 10.2. The molecule has 0 saturated heterocycles. The number of methoxy groups -OCH3 is 2. The Morgan fingerprint density at radius 3 is 2.28 bits per heavy atom. The molecule has 0 heterocycles. The normalized spacial score (nSPS) is 12.2. The zero-order valence-corrected chi connectivity index (χ0v) is 12.0. The molecular formula is C13H21NO3S. The van der Waals surface area contributed by atoms with Crippen molar-refractivity contribution in [3.63, 3.8) is 0 Å². The van der Waals surface area contributed by atoms with E-state index in [9.17, 15) is 4.21 Å². The van der Waals surface area contributed by atoms with Gasteiger partial charge in [-0.2, -0.15) is 0 Å². The Morgan fingerprint density at radius 2 is 1.78 bits per heavy atom. The summed E-state index contributed by atoms with van der Waals surface area (Å²) in [7, 11) is 2.56. The number of hydrogen-bond acceptors (Lipinski definition) is 4. The van der Waals surface area contributed by atoms with Crippen LogP contribution in [0.4, 0.5) is 0 Å². The Balaban J connectivity index is 2.48. The van der Waals surface area contributed by atoms with Crippen molar-refractivity contribution in [2.24, 2.45) is 0 Å². The van der Waals surface area contributed by atoms with Crippen molar-refractivity contribution in [2.75, 3.05) is 32.3 Å². The summed E-state index contributed by atoms with van der Waals surface area (Å²) >= 11 is 0. The SMILES string of the molecule is CCS(=O)CCNCc1cc(OC)cc(OC)c1. The fraction of sp³-hybridized carbons (Fsp3) is 0.538. The molecule has 1 N–H and O–H groups in total. The molecule has 102 valence electrons. The first-order valence-electron chi connectivity index (χ1n) is 5.97. The van der Waals surface area contributed by atoms with Crippen molar-refractivity contribution in [3.05, 3.63) is 23.8 Å². The van der Waals surface area contributed by atoms with Crippen LogP contribution in [0.1, 0.15) is 12.5 Å². The monoisotopic (exact) mass is 271 g/mol. The van der Waals surface area contributed by atoms with Gasteiger partial charge in [0.25, 0.3) is 0 Å². The second kappa shape index (κ2) is 8.11. The predicted molar refractivity (Wildman–Crippen MR) is 74.8 cm³/mol. The van der Waals surface area contributed by atoms with E-state index in [1.165, 1.54) is 0 Å². The van der Waals surface area contributed by atoms with Crippen LogP contribution >= 0.6 is 0 Å². The molecule has 18 heavy (non-hydrogen) atoms. The van der Waals surface area contributed by atoms with Gasteiger partial charge in [0, 0.05) is 41.5 Å². The molecule has 1 aromatic carbocycles. The molecule has 0 aliphatic carbocycles. The van der Waals surface area contributed by atoms with Gasteiger partial charge < -0.3 is 14.8 Å². The molecule has 1 aromatic rings. The predicted octanol–water partition coefficient (Wildman–Crippen LogP) is 1.56. The quantitative estimate of drug-likeness (QED) is 0.729. The Labute approximate surface area is 111 Å². The van der Waals surface area contributed by atoms with Crippen molar-refractivity contribution < 1.29 is 13.7 Å². The molecule has 0 radical (unpaired) electrons. The maximum atomic E-state index is 11.3. The van der Waals surface area contributed by atoms with Crippen molar-refractivity contribution in [1.29, 1.82) is 0 Å². The Bertz CT molecular complexity index is 374. The third-order valence-electron chi connectivity index (χ3n) is 2.57. The summed E-state index contributed by atoms with van der Waals surface area (Å²) in [4.78, 5) is 0. The van der Waals surface area contributed by atoms with Gasteiger partial charge in [0.2, 0.25) is 0 Å². The van der Waals surface area contributed by atoms with Gasteiger partial charge in [0.15, 0.2) is 0 Å². The Morgan fingerprint density at radius 1 is 1.17 bits per heavy atom. The lowest BCUT2D eigenvalue weighted by Crippen LogP contribution is -2.20. The number of rotatable bonds is 8. The molecule has 0 saturated carbocycles. The maximum Gasteiger partial charge on any atom is 0.122 e. The van der Waals surface area contributed by atoms with Crippen LogP contribution in [0.25, 0.3) is 0 Å². The topological polar surface area (TPSA) is 47.6 Å². The molecule has 1 unspecified atom stereocenters. The molecule has 0 aliphatic heterocycles. The van der Waals surface area contributed by atoms with Crippen LogP contribution < -0.4 is 14.8 Å². The highest BCUT2D eigenvalue weighted by molar-refractivity contribution is 7.84. The van der Waals surface area contributed by atoms with Gasteiger partial charge in [-0.05, 0) is 17.7 Å². The van der Waals surface area contributed by atoms with Crippen LogP contribution in [0, 0.1) is 0 Å². The van der Waals surface area contributed by atoms with Gasteiger partial charge in [-0.25, -0.2) is 0 Å². The molecule has 0 fully saturated rings. The van der Waals surface area contributed by atoms with Gasteiger partial charge in [0.05, 0.1) is 14.2 Å². The molecule has 1 atom stereocenters. The van der Waals surface area contributed by atoms with Crippen LogP contribution in [-0.4, -0.2) is 36.5 Å². The van der Waals surface area contributed by atoms with E-state index < -0.39 is 10.8 Å². The van der Waals surface area contributed by atoms with Gasteiger partial charge >= 0.3 is 0 Å². The highest BCUT2D eigenvalue weighted by Gasteiger charge is 2.02. The van der Waals surface area contributed by atoms with E-state index in [1.807, 2.05) is 25.1 Å². The fourth-order valence-corrected chi connectivity index (χ4v) is 2.19. The first-order valence-corrected chi connectivity index (χ1v) is 7.46. The molecular weight excluding hydrogens is 250 g/mol. The Kier molecular flexibility index (Phi) is 6.75. The Hall–Kier alpha value is -1.07. The molecule has 0 bridgehead atoms.